The van der Waals surface area contributed by atoms with Crippen LogP contribution in [0.3, 0.4) is 0 Å². The Morgan fingerprint density at radius 2 is 1.75 bits per heavy atom. The molecule has 0 aliphatic carbocycles. The van der Waals surface area contributed by atoms with E-state index in [0.29, 0.717) is 0 Å². The van der Waals surface area contributed by atoms with Gasteiger partial charge in [0.1, 0.15) is 0 Å². The zero-order valence-electron chi connectivity index (χ0n) is 9.56. The van der Waals surface area contributed by atoms with Crippen molar-refractivity contribution in [3.63, 3.8) is 0 Å². The van der Waals surface area contributed by atoms with Gasteiger partial charge in [0.05, 0.1) is 26.2 Å². The molecular formula is C11H26N+. The Labute approximate surface area is 78.4 Å². The molecule has 2 atom stereocenters. The SMILES string of the molecule is CCCC[N+](C)(CC)[C@@H](C)CC. The fraction of sp³-hybridized carbons (Fsp3) is 1.00. The lowest BCUT2D eigenvalue weighted by Gasteiger charge is -2.39. The first-order chi connectivity index (χ1) is 5.60. The predicted molar refractivity (Wildman–Crippen MR) is 56.3 cm³/mol. The maximum Gasteiger partial charge on any atom is 0.0856 e. The average molecular weight is 172 g/mol. The molecule has 0 bridgehead atoms. The van der Waals surface area contributed by atoms with Crippen molar-refractivity contribution in [2.24, 2.45) is 0 Å². The van der Waals surface area contributed by atoms with Gasteiger partial charge in [-0.25, -0.2) is 0 Å². The highest BCUT2D eigenvalue weighted by atomic mass is 15.3. The van der Waals surface area contributed by atoms with Crippen LogP contribution in [-0.2, 0) is 0 Å². The van der Waals surface area contributed by atoms with Gasteiger partial charge in [-0.1, -0.05) is 20.3 Å². The van der Waals surface area contributed by atoms with Crippen molar-refractivity contribution < 1.29 is 4.48 Å². The minimum atomic E-state index is 0.821. The van der Waals surface area contributed by atoms with Gasteiger partial charge in [-0.3, -0.25) is 0 Å². The standard InChI is InChI=1S/C11H26N/c1-6-9-10-12(5,8-3)11(4)7-2/h11H,6-10H2,1-5H3/q+1/t11-,12?/m0/s1. The van der Waals surface area contributed by atoms with Crippen LogP contribution < -0.4 is 0 Å². The molecule has 1 unspecified atom stereocenters. The van der Waals surface area contributed by atoms with Crippen LogP contribution >= 0.6 is 0 Å². The molecule has 0 aliphatic heterocycles. The molecule has 0 heterocycles. The summed E-state index contributed by atoms with van der Waals surface area (Å²) >= 11 is 0. The summed E-state index contributed by atoms with van der Waals surface area (Å²) in [6, 6.07) is 0.821. The lowest BCUT2D eigenvalue weighted by molar-refractivity contribution is -0.930. The number of hydrogen-bond donors (Lipinski definition) is 0. The van der Waals surface area contributed by atoms with Crippen LogP contribution in [0.4, 0.5) is 0 Å². The molecular weight excluding hydrogens is 146 g/mol. The van der Waals surface area contributed by atoms with Crippen molar-refractivity contribution in [1.29, 1.82) is 0 Å². The molecule has 0 radical (unpaired) electrons. The van der Waals surface area contributed by atoms with Crippen molar-refractivity contribution in [2.45, 2.75) is 53.0 Å². The van der Waals surface area contributed by atoms with Crippen molar-refractivity contribution in [3.05, 3.63) is 0 Å². The molecule has 0 aromatic rings. The molecule has 0 fully saturated rings. The topological polar surface area (TPSA) is 0 Å². The Kier molecular flexibility index (Phi) is 5.56. The summed E-state index contributed by atoms with van der Waals surface area (Å²) in [6.07, 6.45) is 3.99. The van der Waals surface area contributed by atoms with Crippen LogP contribution in [-0.4, -0.2) is 30.7 Å². The van der Waals surface area contributed by atoms with Crippen LogP contribution in [0.2, 0.25) is 0 Å². The molecule has 0 rings (SSSR count). The normalized spacial score (nSPS) is 18.8. The number of nitrogens with zero attached hydrogens (tertiary/aromatic N) is 1. The fourth-order valence-electron chi connectivity index (χ4n) is 1.65. The second-order valence-corrected chi connectivity index (χ2v) is 4.13. The molecule has 0 aromatic heterocycles. The highest BCUT2D eigenvalue weighted by molar-refractivity contribution is 4.49. The Bertz CT molecular complexity index is 112. The number of hydrogen-bond acceptors (Lipinski definition) is 0. The molecule has 0 aliphatic rings. The van der Waals surface area contributed by atoms with E-state index in [9.17, 15) is 0 Å². The maximum atomic E-state index is 2.39. The van der Waals surface area contributed by atoms with Gasteiger partial charge in [-0.05, 0) is 26.7 Å². The summed E-state index contributed by atoms with van der Waals surface area (Å²) in [4.78, 5) is 0. The molecule has 1 nitrogen and oxygen atoms in total. The first-order valence-corrected chi connectivity index (χ1v) is 5.44. The van der Waals surface area contributed by atoms with Gasteiger partial charge < -0.3 is 4.48 Å². The van der Waals surface area contributed by atoms with Crippen LogP contribution in [0.25, 0.3) is 0 Å². The van der Waals surface area contributed by atoms with Crippen molar-refractivity contribution >= 4 is 0 Å². The quantitative estimate of drug-likeness (QED) is 0.540. The largest absolute Gasteiger partial charge is 0.324 e. The van der Waals surface area contributed by atoms with Crippen LogP contribution in [0.1, 0.15) is 47.0 Å². The third-order valence-electron chi connectivity index (χ3n) is 3.40. The lowest BCUT2D eigenvalue weighted by Crippen LogP contribution is -2.51. The summed E-state index contributed by atoms with van der Waals surface area (Å²) < 4.78 is 1.25. The van der Waals surface area contributed by atoms with Crippen LogP contribution in [0, 0.1) is 0 Å². The van der Waals surface area contributed by atoms with Gasteiger partial charge in [0.2, 0.25) is 0 Å². The molecule has 12 heavy (non-hydrogen) atoms. The minimum Gasteiger partial charge on any atom is -0.324 e. The Morgan fingerprint density at radius 3 is 2.08 bits per heavy atom. The Hall–Kier alpha value is -0.0400. The smallest absolute Gasteiger partial charge is 0.0856 e. The number of rotatable bonds is 6. The van der Waals surface area contributed by atoms with Crippen molar-refractivity contribution in [2.75, 3.05) is 20.1 Å². The fourth-order valence-corrected chi connectivity index (χ4v) is 1.65. The zero-order chi connectivity index (χ0) is 9.61. The molecule has 0 saturated carbocycles. The first kappa shape index (κ1) is 12.0. The first-order valence-electron chi connectivity index (χ1n) is 5.44. The summed E-state index contributed by atoms with van der Waals surface area (Å²) in [5.41, 5.74) is 0. The molecule has 0 saturated heterocycles. The van der Waals surface area contributed by atoms with Gasteiger partial charge in [0, 0.05) is 0 Å². The van der Waals surface area contributed by atoms with E-state index in [4.69, 9.17) is 0 Å². The summed E-state index contributed by atoms with van der Waals surface area (Å²) in [7, 11) is 2.39. The summed E-state index contributed by atoms with van der Waals surface area (Å²) in [5.74, 6) is 0. The van der Waals surface area contributed by atoms with Gasteiger partial charge >= 0.3 is 0 Å². The molecule has 74 valence electrons. The second kappa shape index (κ2) is 5.58. The monoisotopic (exact) mass is 172 g/mol. The average Bonchev–Trinajstić information content (AvgIpc) is 2.12. The summed E-state index contributed by atoms with van der Waals surface area (Å²) in [5, 5.41) is 0. The molecule has 1 heteroatoms. The number of unbranched alkanes of at least 4 members (excludes halogenated alkanes) is 1. The Morgan fingerprint density at radius 1 is 1.17 bits per heavy atom. The van der Waals surface area contributed by atoms with Gasteiger partial charge in [-0.2, -0.15) is 0 Å². The zero-order valence-corrected chi connectivity index (χ0v) is 9.56. The van der Waals surface area contributed by atoms with Crippen molar-refractivity contribution in [3.8, 4) is 0 Å². The van der Waals surface area contributed by atoms with Crippen LogP contribution in [0.15, 0.2) is 0 Å². The van der Waals surface area contributed by atoms with Crippen LogP contribution in [0.5, 0.6) is 0 Å². The van der Waals surface area contributed by atoms with E-state index in [2.05, 4.69) is 34.7 Å². The second-order valence-electron chi connectivity index (χ2n) is 4.13. The van der Waals surface area contributed by atoms with E-state index in [1.54, 1.807) is 0 Å². The van der Waals surface area contributed by atoms with Crippen molar-refractivity contribution in [1.82, 2.24) is 0 Å². The lowest BCUT2D eigenvalue weighted by atomic mass is 10.1. The molecule has 0 aromatic carbocycles. The Balaban J connectivity index is 4.03. The maximum absolute atomic E-state index is 2.39. The van der Waals surface area contributed by atoms with Gasteiger partial charge in [0.25, 0.3) is 0 Å². The summed E-state index contributed by atoms with van der Waals surface area (Å²) in [6.45, 7) is 11.9. The molecule has 0 amide bonds. The van der Waals surface area contributed by atoms with E-state index < -0.39 is 0 Å². The van der Waals surface area contributed by atoms with Gasteiger partial charge in [0.15, 0.2) is 0 Å². The molecule has 0 spiro atoms. The van der Waals surface area contributed by atoms with E-state index in [-0.39, 0.29) is 0 Å². The van der Waals surface area contributed by atoms with E-state index >= 15 is 0 Å². The van der Waals surface area contributed by atoms with E-state index in [1.807, 2.05) is 0 Å². The minimum absolute atomic E-state index is 0.821. The van der Waals surface area contributed by atoms with E-state index in [0.717, 1.165) is 6.04 Å². The highest BCUT2D eigenvalue weighted by Gasteiger charge is 2.24. The third kappa shape index (κ3) is 3.14. The van der Waals surface area contributed by atoms with Gasteiger partial charge in [-0.15, -0.1) is 0 Å². The highest BCUT2D eigenvalue weighted by Crippen LogP contribution is 2.14. The predicted octanol–water partition coefficient (Wildman–Crippen LogP) is 3.05. The number of quaternary nitrogens is 1. The molecule has 0 N–H and O–H groups in total. The third-order valence-corrected chi connectivity index (χ3v) is 3.40. The van der Waals surface area contributed by atoms with E-state index in [1.165, 1.54) is 36.8 Å².